The smallest absolute Gasteiger partial charge is 0.00431 e. The molecule has 2 fully saturated rings. The Balaban J connectivity index is 2.00. The van der Waals surface area contributed by atoms with E-state index in [9.17, 15) is 0 Å². The summed E-state index contributed by atoms with van der Waals surface area (Å²) >= 11 is 2.15. The molecule has 0 aromatic rings. The number of thioether (sulfide) groups is 1. The predicted octanol–water partition coefficient (Wildman–Crippen LogP) is 1.84. The minimum atomic E-state index is 0.734. The van der Waals surface area contributed by atoms with Gasteiger partial charge in [-0.2, -0.15) is 11.8 Å². The normalized spacial score (nSPS) is 40.1. The van der Waals surface area contributed by atoms with E-state index in [1.807, 2.05) is 0 Å². The molecule has 0 saturated carbocycles. The second kappa shape index (κ2) is 2.98. The highest BCUT2D eigenvalue weighted by Gasteiger charge is 2.37. The molecule has 2 rings (SSSR count). The molecule has 0 aromatic heterocycles. The lowest BCUT2D eigenvalue weighted by Crippen LogP contribution is -2.41. The molecule has 1 spiro atoms. The second-order valence-corrected chi connectivity index (χ2v) is 5.25. The van der Waals surface area contributed by atoms with E-state index >= 15 is 0 Å². The second-order valence-electron chi connectivity index (χ2n) is 4.14. The van der Waals surface area contributed by atoms with Crippen molar-refractivity contribution in [2.45, 2.75) is 19.3 Å². The summed E-state index contributed by atoms with van der Waals surface area (Å²) in [5.74, 6) is 2.84. The third-order valence-corrected chi connectivity index (χ3v) is 4.35. The van der Waals surface area contributed by atoms with Gasteiger partial charge in [-0.1, -0.05) is 0 Å². The van der Waals surface area contributed by atoms with Crippen molar-refractivity contribution in [2.24, 2.45) is 5.41 Å². The summed E-state index contributed by atoms with van der Waals surface area (Å²) in [6.45, 7) is 2.69. The summed E-state index contributed by atoms with van der Waals surface area (Å²) in [5.41, 5.74) is 0.734. The van der Waals surface area contributed by atoms with Crippen LogP contribution in [0.4, 0.5) is 0 Å². The lowest BCUT2D eigenvalue weighted by molar-refractivity contribution is 0.132. The maximum atomic E-state index is 2.51. The Hall–Kier alpha value is 0.310. The molecule has 1 atom stereocenters. The zero-order valence-electron chi connectivity index (χ0n) is 7.31. The lowest BCUT2D eigenvalue weighted by atomic mass is 9.80. The summed E-state index contributed by atoms with van der Waals surface area (Å²) in [5, 5.41) is 0. The third-order valence-electron chi connectivity index (χ3n) is 3.04. The molecule has 2 heteroatoms. The Morgan fingerprint density at radius 2 is 2.27 bits per heavy atom. The first-order valence-corrected chi connectivity index (χ1v) is 5.73. The largest absolute Gasteiger partial charge is 0.306 e. The van der Waals surface area contributed by atoms with Gasteiger partial charge in [0.05, 0.1) is 0 Å². The zero-order chi connectivity index (χ0) is 7.73. The number of nitrogens with zero attached hydrogens (tertiary/aromatic N) is 1. The molecule has 0 aromatic carbocycles. The van der Waals surface area contributed by atoms with Crippen LogP contribution in [0, 0.1) is 5.41 Å². The van der Waals surface area contributed by atoms with Crippen molar-refractivity contribution in [3.8, 4) is 0 Å². The van der Waals surface area contributed by atoms with E-state index in [1.165, 1.54) is 43.9 Å². The van der Waals surface area contributed by atoms with Gasteiger partial charge < -0.3 is 4.90 Å². The molecule has 2 heterocycles. The summed E-state index contributed by atoms with van der Waals surface area (Å²) in [7, 11) is 2.27. The minimum Gasteiger partial charge on any atom is -0.306 e. The number of hydrogen-bond acceptors (Lipinski definition) is 2. The van der Waals surface area contributed by atoms with Crippen LogP contribution in [-0.2, 0) is 0 Å². The Morgan fingerprint density at radius 1 is 1.36 bits per heavy atom. The van der Waals surface area contributed by atoms with Gasteiger partial charge in [-0.05, 0) is 44.0 Å². The molecule has 2 aliphatic heterocycles. The van der Waals surface area contributed by atoms with Gasteiger partial charge in [0.1, 0.15) is 0 Å². The molecule has 0 amide bonds. The van der Waals surface area contributed by atoms with Gasteiger partial charge in [0.2, 0.25) is 0 Å². The van der Waals surface area contributed by atoms with Crippen molar-refractivity contribution < 1.29 is 0 Å². The van der Waals surface area contributed by atoms with Crippen LogP contribution in [0.2, 0.25) is 0 Å². The summed E-state index contributed by atoms with van der Waals surface area (Å²) < 4.78 is 0. The first-order chi connectivity index (χ1) is 5.31. The van der Waals surface area contributed by atoms with E-state index in [0.717, 1.165) is 5.41 Å². The van der Waals surface area contributed by atoms with Crippen LogP contribution in [0.5, 0.6) is 0 Å². The molecule has 0 radical (unpaired) electrons. The van der Waals surface area contributed by atoms with E-state index in [1.54, 1.807) is 0 Å². The van der Waals surface area contributed by atoms with Crippen LogP contribution in [0.1, 0.15) is 19.3 Å². The quantitative estimate of drug-likeness (QED) is 0.547. The molecule has 2 saturated heterocycles. The van der Waals surface area contributed by atoms with Crippen LogP contribution in [-0.4, -0.2) is 36.5 Å². The Kier molecular flexibility index (Phi) is 2.15. The molecule has 0 N–H and O–H groups in total. The van der Waals surface area contributed by atoms with E-state index < -0.39 is 0 Å². The topological polar surface area (TPSA) is 3.24 Å². The minimum absolute atomic E-state index is 0.734. The van der Waals surface area contributed by atoms with Gasteiger partial charge in [0, 0.05) is 12.3 Å². The number of rotatable bonds is 0. The fourth-order valence-electron chi connectivity index (χ4n) is 2.43. The fourth-order valence-corrected chi connectivity index (χ4v) is 3.96. The van der Waals surface area contributed by atoms with E-state index in [4.69, 9.17) is 0 Å². The molecular weight excluding hydrogens is 154 g/mol. The highest BCUT2D eigenvalue weighted by atomic mass is 32.2. The van der Waals surface area contributed by atoms with Crippen molar-refractivity contribution in [1.82, 2.24) is 4.90 Å². The molecule has 0 unspecified atom stereocenters. The molecule has 11 heavy (non-hydrogen) atoms. The van der Waals surface area contributed by atoms with Gasteiger partial charge in [-0.25, -0.2) is 0 Å². The van der Waals surface area contributed by atoms with Gasteiger partial charge in [0.25, 0.3) is 0 Å². The highest BCUT2D eigenvalue weighted by Crippen LogP contribution is 2.42. The maximum Gasteiger partial charge on any atom is 0.00431 e. The van der Waals surface area contributed by atoms with Crippen LogP contribution in [0.15, 0.2) is 0 Å². The Bertz CT molecular complexity index is 140. The van der Waals surface area contributed by atoms with E-state index in [0.29, 0.717) is 0 Å². The predicted molar refractivity (Wildman–Crippen MR) is 51.1 cm³/mol. The number of piperidine rings is 1. The average Bonchev–Trinajstić information content (AvgIpc) is 2.37. The SMILES string of the molecule is CN1CCC[C@]2(CCSC2)C1. The molecule has 0 bridgehead atoms. The Morgan fingerprint density at radius 3 is 2.91 bits per heavy atom. The number of likely N-dealkylation sites (tertiary alicyclic amines) is 1. The average molecular weight is 171 g/mol. The van der Waals surface area contributed by atoms with Crippen molar-refractivity contribution in [3.05, 3.63) is 0 Å². The lowest BCUT2D eigenvalue weighted by Gasteiger charge is -2.38. The van der Waals surface area contributed by atoms with Gasteiger partial charge in [0.15, 0.2) is 0 Å². The maximum absolute atomic E-state index is 2.51. The van der Waals surface area contributed by atoms with E-state index in [-0.39, 0.29) is 0 Å². The van der Waals surface area contributed by atoms with Gasteiger partial charge in [-0.15, -0.1) is 0 Å². The van der Waals surface area contributed by atoms with Crippen LogP contribution in [0.3, 0.4) is 0 Å². The molecular formula is C9H17NS. The van der Waals surface area contributed by atoms with Crippen molar-refractivity contribution in [3.63, 3.8) is 0 Å². The summed E-state index contributed by atoms with van der Waals surface area (Å²) in [4.78, 5) is 2.51. The summed E-state index contributed by atoms with van der Waals surface area (Å²) in [6.07, 6.45) is 4.39. The van der Waals surface area contributed by atoms with Crippen LogP contribution in [0.25, 0.3) is 0 Å². The van der Waals surface area contributed by atoms with E-state index in [2.05, 4.69) is 23.7 Å². The van der Waals surface area contributed by atoms with Crippen molar-refractivity contribution in [1.29, 1.82) is 0 Å². The van der Waals surface area contributed by atoms with Gasteiger partial charge in [-0.3, -0.25) is 0 Å². The molecule has 64 valence electrons. The molecule has 1 nitrogen and oxygen atoms in total. The monoisotopic (exact) mass is 171 g/mol. The highest BCUT2D eigenvalue weighted by molar-refractivity contribution is 7.99. The first-order valence-electron chi connectivity index (χ1n) is 4.57. The van der Waals surface area contributed by atoms with Gasteiger partial charge >= 0.3 is 0 Å². The van der Waals surface area contributed by atoms with Crippen molar-refractivity contribution >= 4 is 11.8 Å². The number of hydrogen-bond donors (Lipinski definition) is 0. The fraction of sp³-hybridized carbons (Fsp3) is 1.00. The van der Waals surface area contributed by atoms with Crippen LogP contribution < -0.4 is 0 Å². The summed E-state index contributed by atoms with van der Waals surface area (Å²) in [6, 6.07) is 0. The third kappa shape index (κ3) is 1.57. The van der Waals surface area contributed by atoms with Crippen molar-refractivity contribution in [2.75, 3.05) is 31.6 Å². The molecule has 2 aliphatic rings. The standard InChI is InChI=1S/C9H17NS/c1-10-5-2-3-9(7-10)4-6-11-8-9/h2-8H2,1H3/t9-/m0/s1. The zero-order valence-corrected chi connectivity index (χ0v) is 8.12. The first kappa shape index (κ1) is 7.93. The van der Waals surface area contributed by atoms with Crippen LogP contribution >= 0.6 is 11.8 Å². The Labute approximate surface area is 73.5 Å². The molecule has 0 aliphatic carbocycles.